The van der Waals surface area contributed by atoms with E-state index >= 15 is 0 Å². The summed E-state index contributed by atoms with van der Waals surface area (Å²) in [5, 5.41) is 0.132. The minimum absolute atomic E-state index is 0.0270. The molecular weight excluding hydrogens is 323 g/mol. The number of hydrogen-bond acceptors (Lipinski definition) is 4. The maximum absolute atomic E-state index is 13.3. The first kappa shape index (κ1) is 16.5. The van der Waals surface area contributed by atoms with Gasteiger partial charge in [0, 0.05) is 6.61 Å². The van der Waals surface area contributed by atoms with Gasteiger partial charge in [0.05, 0.1) is 16.8 Å². The van der Waals surface area contributed by atoms with Crippen LogP contribution in [-0.4, -0.2) is 36.0 Å². The highest BCUT2D eigenvalue weighted by Crippen LogP contribution is 2.33. The van der Waals surface area contributed by atoms with Gasteiger partial charge in [-0.25, -0.2) is 13.8 Å². The average molecular weight is 340 g/mol. The lowest BCUT2D eigenvalue weighted by Crippen LogP contribution is -2.47. The second-order valence-corrected chi connectivity index (χ2v) is 5.78. The highest BCUT2D eigenvalue weighted by molar-refractivity contribution is 6.34. The van der Waals surface area contributed by atoms with E-state index in [9.17, 15) is 8.78 Å². The lowest BCUT2D eigenvalue weighted by Gasteiger charge is -2.36. The van der Waals surface area contributed by atoms with Crippen molar-refractivity contribution in [3.8, 4) is 0 Å². The molecule has 2 atom stereocenters. The zero-order chi connectivity index (χ0) is 15.6. The summed E-state index contributed by atoms with van der Waals surface area (Å²) in [5.41, 5.74) is 5.68. The van der Waals surface area contributed by atoms with Crippen LogP contribution >= 0.6 is 23.2 Å². The maximum Gasteiger partial charge on any atom is 0.295 e. The van der Waals surface area contributed by atoms with Crippen LogP contribution in [0.4, 0.5) is 8.78 Å². The first-order valence-electron chi connectivity index (χ1n) is 6.70. The summed E-state index contributed by atoms with van der Waals surface area (Å²) in [5.74, 6) is -0.316. The van der Waals surface area contributed by atoms with Gasteiger partial charge in [-0.2, -0.15) is 0 Å². The summed E-state index contributed by atoms with van der Waals surface area (Å²) in [4.78, 5) is 5.48. The van der Waals surface area contributed by atoms with E-state index < -0.39 is 18.7 Å². The molecule has 0 aromatic rings. The van der Waals surface area contributed by atoms with E-state index in [4.69, 9.17) is 33.7 Å². The standard InChI is InChI=1S/C13H17Cl2F2N3O/c1-7-11(8(14)6-9(15)18)19-13(12(16)17)20(7)10-4-2-3-5-21-10/h6-7,10,12H,2-5,18H2,1H3/b9-6-,11-8-. The van der Waals surface area contributed by atoms with Crippen molar-refractivity contribution < 1.29 is 13.5 Å². The minimum Gasteiger partial charge on any atom is -0.389 e. The fourth-order valence-electron chi connectivity index (χ4n) is 2.55. The minimum atomic E-state index is -2.70. The third-order valence-electron chi connectivity index (χ3n) is 3.48. The Morgan fingerprint density at radius 3 is 2.71 bits per heavy atom. The van der Waals surface area contributed by atoms with Gasteiger partial charge in [0.1, 0.15) is 11.4 Å². The molecule has 2 aliphatic rings. The second kappa shape index (κ2) is 6.94. The molecule has 0 aromatic carbocycles. The molecule has 0 aliphatic carbocycles. The van der Waals surface area contributed by atoms with Crippen molar-refractivity contribution in [2.45, 2.75) is 44.9 Å². The van der Waals surface area contributed by atoms with Crippen molar-refractivity contribution in [2.75, 3.05) is 6.61 Å². The lowest BCUT2D eigenvalue weighted by molar-refractivity contribution is -0.0651. The molecule has 8 heteroatoms. The maximum atomic E-state index is 13.3. The molecule has 0 aromatic heterocycles. The second-order valence-electron chi connectivity index (χ2n) is 4.94. The number of hydrogen-bond donors (Lipinski definition) is 1. The summed E-state index contributed by atoms with van der Waals surface area (Å²) in [6.07, 6.45) is 0.764. The van der Waals surface area contributed by atoms with Crippen LogP contribution in [-0.2, 0) is 4.74 Å². The summed E-state index contributed by atoms with van der Waals surface area (Å²) >= 11 is 11.6. The molecular formula is C13H17Cl2F2N3O. The van der Waals surface area contributed by atoms with Crippen LogP contribution in [0.1, 0.15) is 26.2 Å². The van der Waals surface area contributed by atoms with E-state index in [1.54, 1.807) is 6.92 Å². The number of nitrogens with zero attached hydrogens (tertiary/aromatic N) is 2. The Morgan fingerprint density at radius 1 is 1.48 bits per heavy atom. The van der Waals surface area contributed by atoms with Gasteiger partial charge < -0.3 is 15.4 Å². The highest BCUT2D eigenvalue weighted by atomic mass is 35.5. The van der Waals surface area contributed by atoms with E-state index in [-0.39, 0.29) is 16.0 Å². The van der Waals surface area contributed by atoms with Crippen LogP contribution in [0.2, 0.25) is 0 Å². The molecule has 2 aliphatic heterocycles. The molecule has 2 rings (SSSR count). The monoisotopic (exact) mass is 339 g/mol. The number of rotatable bonds is 3. The van der Waals surface area contributed by atoms with E-state index in [1.807, 2.05) is 0 Å². The van der Waals surface area contributed by atoms with Crippen LogP contribution < -0.4 is 5.73 Å². The number of amidine groups is 1. The van der Waals surface area contributed by atoms with Gasteiger partial charge in [0.25, 0.3) is 6.43 Å². The number of halogens is 4. The number of alkyl halides is 2. The van der Waals surface area contributed by atoms with Crippen LogP contribution in [0.3, 0.4) is 0 Å². The largest absolute Gasteiger partial charge is 0.389 e. The van der Waals surface area contributed by atoms with Crippen LogP contribution in [0.25, 0.3) is 0 Å². The van der Waals surface area contributed by atoms with Crippen molar-refractivity contribution in [2.24, 2.45) is 10.7 Å². The molecule has 21 heavy (non-hydrogen) atoms. The molecule has 1 fully saturated rings. The zero-order valence-electron chi connectivity index (χ0n) is 11.5. The van der Waals surface area contributed by atoms with Crippen molar-refractivity contribution in [3.63, 3.8) is 0 Å². The number of nitrogens with two attached hydrogens (primary N) is 1. The third kappa shape index (κ3) is 3.67. The van der Waals surface area contributed by atoms with E-state index in [2.05, 4.69) is 4.99 Å². The molecule has 0 amide bonds. The topological polar surface area (TPSA) is 50.8 Å². The Labute approximate surface area is 132 Å². The van der Waals surface area contributed by atoms with Crippen LogP contribution in [0.15, 0.2) is 27.0 Å². The van der Waals surface area contributed by atoms with E-state index in [0.717, 1.165) is 12.8 Å². The van der Waals surface area contributed by atoms with E-state index in [0.29, 0.717) is 18.7 Å². The summed E-state index contributed by atoms with van der Waals surface area (Å²) in [6.45, 7) is 2.32. The van der Waals surface area contributed by atoms with Crippen molar-refractivity contribution in [1.29, 1.82) is 0 Å². The molecule has 0 spiro atoms. The van der Waals surface area contributed by atoms with E-state index in [1.165, 1.54) is 11.0 Å². The fourth-order valence-corrected chi connectivity index (χ4v) is 3.04. The highest BCUT2D eigenvalue weighted by Gasteiger charge is 2.40. The lowest BCUT2D eigenvalue weighted by atomic mass is 10.1. The number of aliphatic imine (C=N–C) groups is 1. The smallest absolute Gasteiger partial charge is 0.295 e. The molecule has 118 valence electrons. The molecule has 2 heterocycles. The molecule has 1 saturated heterocycles. The Balaban J connectivity index is 2.34. The predicted octanol–water partition coefficient (Wildman–Crippen LogP) is 3.37. The summed E-state index contributed by atoms with van der Waals surface area (Å²) < 4.78 is 32.1. The van der Waals surface area contributed by atoms with Gasteiger partial charge in [-0.05, 0) is 32.3 Å². The van der Waals surface area contributed by atoms with Crippen molar-refractivity contribution >= 4 is 29.0 Å². The summed E-state index contributed by atoms with van der Waals surface area (Å²) in [6, 6.07) is -0.420. The quantitative estimate of drug-likeness (QED) is 0.802. The van der Waals surface area contributed by atoms with Crippen molar-refractivity contribution in [3.05, 3.63) is 22.0 Å². The SMILES string of the molecule is CC1/C(=C(Cl)\C=C(/N)Cl)N=C(C(F)F)N1C1CCCCO1. The Hall–Kier alpha value is -0.850. The van der Waals surface area contributed by atoms with Crippen LogP contribution in [0, 0.1) is 0 Å². The first-order chi connectivity index (χ1) is 9.91. The van der Waals surface area contributed by atoms with Gasteiger partial charge in [-0.3, -0.25) is 0 Å². The molecule has 0 bridgehead atoms. The Bertz CT molecular complexity index is 484. The Kier molecular flexibility index (Phi) is 5.46. The number of allylic oxidation sites excluding steroid dienone is 2. The average Bonchev–Trinajstić information content (AvgIpc) is 2.77. The van der Waals surface area contributed by atoms with Gasteiger partial charge in [0.2, 0.25) is 0 Å². The van der Waals surface area contributed by atoms with Gasteiger partial charge in [0.15, 0.2) is 5.84 Å². The first-order valence-corrected chi connectivity index (χ1v) is 7.46. The third-order valence-corrected chi connectivity index (χ3v) is 3.89. The van der Waals surface area contributed by atoms with Crippen LogP contribution in [0.5, 0.6) is 0 Å². The predicted molar refractivity (Wildman–Crippen MR) is 79.3 cm³/mol. The summed E-state index contributed by atoms with van der Waals surface area (Å²) in [7, 11) is 0. The van der Waals surface area contributed by atoms with Crippen molar-refractivity contribution in [1.82, 2.24) is 4.90 Å². The van der Waals surface area contributed by atoms with Gasteiger partial charge in [-0.15, -0.1) is 0 Å². The molecule has 0 saturated carbocycles. The zero-order valence-corrected chi connectivity index (χ0v) is 13.0. The fraction of sp³-hybridized carbons (Fsp3) is 0.615. The van der Waals surface area contributed by atoms with Gasteiger partial charge in [-0.1, -0.05) is 23.2 Å². The number of ether oxygens (including phenoxy) is 1. The molecule has 4 nitrogen and oxygen atoms in total. The molecule has 0 radical (unpaired) electrons. The molecule has 2 unspecified atom stereocenters. The van der Waals surface area contributed by atoms with Gasteiger partial charge >= 0.3 is 0 Å². The normalized spacial score (nSPS) is 29.9. The molecule has 2 N–H and O–H groups in total. The Morgan fingerprint density at radius 2 is 2.19 bits per heavy atom.